The Bertz CT molecular complexity index is 552. The van der Waals surface area contributed by atoms with Crippen LogP contribution in [0.3, 0.4) is 0 Å². The Balaban J connectivity index is 0.00000324. The highest BCUT2D eigenvalue weighted by molar-refractivity contribution is 8.93. The third kappa shape index (κ3) is 9.92. The first-order chi connectivity index (χ1) is 15.9. The Kier molecular flexibility index (Phi) is 19.2. The molecule has 0 heterocycles. The highest BCUT2D eigenvalue weighted by Gasteiger charge is 2.54. The van der Waals surface area contributed by atoms with Crippen LogP contribution in [0.25, 0.3) is 0 Å². The summed E-state index contributed by atoms with van der Waals surface area (Å²) in [5.41, 5.74) is 1.26. The van der Waals surface area contributed by atoms with Gasteiger partial charge in [0.05, 0.1) is 0 Å². The summed E-state index contributed by atoms with van der Waals surface area (Å²) in [6.07, 6.45) is 12.6. The molecule has 0 radical (unpaired) electrons. The number of nitrogens with one attached hydrogen (secondary N) is 4. The van der Waals surface area contributed by atoms with E-state index in [1.165, 1.54) is 84.0 Å². The van der Waals surface area contributed by atoms with E-state index in [1.807, 2.05) is 0 Å². The zero-order valence-electron chi connectivity index (χ0n) is 24.1. The Morgan fingerprint density at radius 3 is 1.11 bits per heavy atom. The number of fused-ring (bicyclic) bond motifs is 4. The van der Waals surface area contributed by atoms with Gasteiger partial charge in [-0.1, -0.05) is 27.7 Å². The summed E-state index contributed by atoms with van der Waals surface area (Å²) in [6.45, 7) is 19.5. The van der Waals surface area contributed by atoms with Gasteiger partial charge in [0, 0.05) is 0 Å². The van der Waals surface area contributed by atoms with Gasteiger partial charge >= 0.3 is 0 Å². The summed E-state index contributed by atoms with van der Waals surface area (Å²) in [4.78, 5) is 0. The van der Waals surface area contributed by atoms with E-state index in [0.29, 0.717) is 10.8 Å². The van der Waals surface area contributed by atoms with Crippen molar-refractivity contribution < 1.29 is 0 Å². The van der Waals surface area contributed by atoms with Gasteiger partial charge in [-0.15, -0.1) is 67.9 Å². The van der Waals surface area contributed by atoms with Gasteiger partial charge in [-0.3, -0.25) is 0 Å². The van der Waals surface area contributed by atoms with Gasteiger partial charge in [0.15, 0.2) is 0 Å². The van der Waals surface area contributed by atoms with Crippen molar-refractivity contribution >= 4 is 67.9 Å². The molecule has 224 valence electrons. The van der Waals surface area contributed by atoms with Crippen molar-refractivity contribution in [3.63, 3.8) is 0 Å². The normalized spacial score (nSPS) is 31.8. The second-order valence-corrected chi connectivity index (χ2v) is 13.4. The van der Waals surface area contributed by atoms with Crippen LogP contribution in [0.5, 0.6) is 0 Å². The van der Waals surface area contributed by atoms with Crippen molar-refractivity contribution in [1.82, 2.24) is 21.3 Å². The average molecular weight is 784 g/mol. The quantitative estimate of drug-likeness (QED) is 0.128. The highest BCUT2D eigenvalue weighted by atomic mass is 79.9. The topological polar surface area (TPSA) is 48.1 Å². The minimum absolute atomic E-state index is 0. The molecule has 0 aliphatic heterocycles. The van der Waals surface area contributed by atoms with Gasteiger partial charge in [0.2, 0.25) is 0 Å². The van der Waals surface area contributed by atoms with Crippen molar-refractivity contribution in [2.75, 3.05) is 52.4 Å². The lowest BCUT2D eigenvalue weighted by molar-refractivity contribution is -0.103. The molecule has 6 aliphatic rings. The minimum atomic E-state index is 0. The predicted octanol–water partition coefficient (Wildman–Crippen LogP) is 6.97. The first-order valence-corrected chi connectivity index (χ1v) is 14.7. The fourth-order valence-corrected chi connectivity index (χ4v) is 8.25. The van der Waals surface area contributed by atoms with E-state index in [9.17, 15) is 0 Å². The maximum absolute atomic E-state index is 3.75. The van der Waals surface area contributed by atoms with Gasteiger partial charge in [-0.05, 0) is 156 Å². The Labute approximate surface area is 271 Å². The van der Waals surface area contributed by atoms with Crippen LogP contribution in [0.15, 0.2) is 0 Å². The standard InChI is InChI=1S/C29H56N4.4BrH/c1-28(2)24-10-8-22(26(28)18-24)20-32-16-6-14-30-12-5-13-31-15-7-17-33-21-23-9-11-25-19-27(23)29(25,3)4;;;;/h22-27,30-33H,5-21H2,1-4H3;4*1H. The number of hydrogen-bond donors (Lipinski definition) is 4. The first kappa shape index (κ1) is 38.8. The van der Waals surface area contributed by atoms with Gasteiger partial charge < -0.3 is 21.3 Å². The molecule has 6 saturated carbocycles. The van der Waals surface area contributed by atoms with E-state index in [-0.39, 0.29) is 67.9 Å². The lowest BCUT2D eigenvalue weighted by Crippen LogP contribution is -2.54. The van der Waals surface area contributed by atoms with Crippen molar-refractivity contribution in [1.29, 1.82) is 0 Å². The minimum Gasteiger partial charge on any atom is -0.317 e. The van der Waals surface area contributed by atoms with E-state index in [0.717, 1.165) is 61.7 Å². The molecule has 4 N–H and O–H groups in total. The third-order valence-electron chi connectivity index (χ3n) is 10.9. The molecule has 6 fully saturated rings. The molecule has 37 heavy (non-hydrogen) atoms. The number of hydrogen-bond acceptors (Lipinski definition) is 4. The monoisotopic (exact) mass is 780 g/mol. The van der Waals surface area contributed by atoms with Crippen LogP contribution in [0.4, 0.5) is 0 Å². The molecule has 0 aromatic heterocycles. The fourth-order valence-electron chi connectivity index (χ4n) is 8.25. The zero-order valence-corrected chi connectivity index (χ0v) is 31.0. The van der Waals surface area contributed by atoms with Gasteiger partial charge in [0.25, 0.3) is 0 Å². The second-order valence-electron chi connectivity index (χ2n) is 13.4. The molecular weight excluding hydrogens is 724 g/mol. The summed E-state index contributed by atoms with van der Waals surface area (Å²) < 4.78 is 0. The lowest BCUT2D eigenvalue weighted by Gasteiger charge is -2.60. The van der Waals surface area contributed by atoms with Crippen LogP contribution in [-0.4, -0.2) is 52.4 Å². The average Bonchev–Trinajstić information content (AvgIpc) is 2.81. The lowest BCUT2D eigenvalue weighted by atomic mass is 9.45. The molecular formula is C29H60Br4N4. The van der Waals surface area contributed by atoms with Crippen molar-refractivity contribution in [2.45, 2.75) is 85.5 Å². The van der Waals surface area contributed by atoms with E-state index < -0.39 is 0 Å². The van der Waals surface area contributed by atoms with Crippen LogP contribution in [0.2, 0.25) is 0 Å². The van der Waals surface area contributed by atoms with E-state index in [2.05, 4.69) is 49.0 Å². The first-order valence-electron chi connectivity index (χ1n) is 14.7. The summed E-state index contributed by atoms with van der Waals surface area (Å²) in [6, 6.07) is 0. The SMILES string of the molecule is Br.Br.Br.Br.CC1(C)C2CCC(CNCCCNCCCNCCCNCC3CCC4CC3C4(C)C)C1C2. The van der Waals surface area contributed by atoms with Gasteiger partial charge in [0.1, 0.15) is 0 Å². The Morgan fingerprint density at radius 1 is 0.486 bits per heavy atom. The van der Waals surface area contributed by atoms with Crippen LogP contribution in [-0.2, 0) is 0 Å². The fraction of sp³-hybridized carbons (Fsp3) is 1.00. The van der Waals surface area contributed by atoms with Crippen LogP contribution in [0, 0.1) is 46.3 Å². The van der Waals surface area contributed by atoms with Gasteiger partial charge in [-0.2, -0.15) is 0 Å². The molecule has 8 heteroatoms. The smallest absolute Gasteiger partial charge is 0.00177 e. The van der Waals surface area contributed by atoms with Crippen molar-refractivity contribution in [3.8, 4) is 0 Å². The molecule has 4 nitrogen and oxygen atoms in total. The summed E-state index contributed by atoms with van der Waals surface area (Å²) in [5.74, 6) is 5.89. The molecule has 0 aromatic carbocycles. The molecule has 0 amide bonds. The van der Waals surface area contributed by atoms with E-state index >= 15 is 0 Å². The largest absolute Gasteiger partial charge is 0.317 e. The Hall–Kier alpha value is 1.76. The van der Waals surface area contributed by atoms with Crippen molar-refractivity contribution in [2.24, 2.45) is 46.3 Å². The molecule has 6 atom stereocenters. The highest BCUT2D eigenvalue weighted by Crippen LogP contribution is 2.62. The molecule has 6 rings (SSSR count). The third-order valence-corrected chi connectivity index (χ3v) is 10.9. The molecule has 0 saturated heterocycles. The van der Waals surface area contributed by atoms with E-state index in [1.54, 1.807) is 0 Å². The summed E-state index contributed by atoms with van der Waals surface area (Å²) >= 11 is 0. The zero-order chi connectivity index (χ0) is 23.3. The van der Waals surface area contributed by atoms with Crippen LogP contribution >= 0.6 is 67.9 Å². The maximum atomic E-state index is 3.75. The van der Waals surface area contributed by atoms with Crippen molar-refractivity contribution in [3.05, 3.63) is 0 Å². The molecule has 4 bridgehead atoms. The molecule has 6 unspecified atom stereocenters. The van der Waals surface area contributed by atoms with Crippen LogP contribution < -0.4 is 21.3 Å². The Morgan fingerprint density at radius 2 is 0.811 bits per heavy atom. The van der Waals surface area contributed by atoms with Crippen LogP contribution in [0.1, 0.15) is 85.5 Å². The summed E-state index contributed by atoms with van der Waals surface area (Å²) in [7, 11) is 0. The molecule has 0 aromatic rings. The number of halogens is 4. The number of rotatable bonds is 16. The summed E-state index contributed by atoms with van der Waals surface area (Å²) in [5, 5.41) is 14.8. The molecule has 0 spiro atoms. The van der Waals surface area contributed by atoms with Gasteiger partial charge in [-0.25, -0.2) is 0 Å². The predicted molar refractivity (Wildman–Crippen MR) is 183 cm³/mol. The van der Waals surface area contributed by atoms with E-state index in [4.69, 9.17) is 0 Å². The second kappa shape index (κ2) is 18.3. The molecule has 6 aliphatic carbocycles. The maximum Gasteiger partial charge on any atom is -0.00177 e.